The fourth-order valence-electron chi connectivity index (χ4n) is 1.81. The third kappa shape index (κ3) is 4.61. The van der Waals surface area contributed by atoms with E-state index in [0.29, 0.717) is 5.92 Å². The van der Waals surface area contributed by atoms with Crippen LogP contribution in [0.5, 0.6) is 0 Å². The molecule has 1 atom stereocenters. The molecule has 3 heteroatoms. The predicted molar refractivity (Wildman–Crippen MR) is 58.3 cm³/mol. The van der Waals surface area contributed by atoms with Crippen LogP contribution in [0, 0.1) is 11.3 Å². The summed E-state index contributed by atoms with van der Waals surface area (Å²) in [5.41, 5.74) is -0.190. The molecule has 0 aliphatic heterocycles. The highest BCUT2D eigenvalue weighted by atomic mass is 16.4. The SMILES string of the molecule is CNC(CC(C)C)C(C)(C)CC(=O)O. The van der Waals surface area contributed by atoms with E-state index in [9.17, 15) is 4.79 Å². The minimum atomic E-state index is -0.723. The van der Waals surface area contributed by atoms with E-state index in [0.717, 1.165) is 6.42 Å². The molecule has 0 heterocycles. The van der Waals surface area contributed by atoms with Gasteiger partial charge in [-0.3, -0.25) is 4.79 Å². The first kappa shape index (κ1) is 13.4. The topological polar surface area (TPSA) is 49.3 Å². The van der Waals surface area contributed by atoms with Crippen molar-refractivity contribution in [2.75, 3.05) is 7.05 Å². The van der Waals surface area contributed by atoms with Gasteiger partial charge >= 0.3 is 5.97 Å². The fraction of sp³-hybridized carbons (Fsp3) is 0.909. The Balaban J connectivity index is 4.39. The fourth-order valence-corrected chi connectivity index (χ4v) is 1.81. The van der Waals surface area contributed by atoms with Crippen molar-refractivity contribution >= 4 is 5.97 Å². The Kier molecular flexibility index (Phi) is 5.13. The second-order valence-electron chi connectivity index (χ2n) is 5.03. The van der Waals surface area contributed by atoms with Crippen molar-refractivity contribution < 1.29 is 9.90 Å². The molecule has 14 heavy (non-hydrogen) atoms. The molecule has 0 radical (unpaired) electrons. The van der Waals surface area contributed by atoms with Crippen molar-refractivity contribution in [2.45, 2.75) is 46.6 Å². The Morgan fingerprint density at radius 1 is 1.43 bits per heavy atom. The summed E-state index contributed by atoms with van der Waals surface area (Å²) in [5.74, 6) is -0.139. The number of hydrogen-bond donors (Lipinski definition) is 2. The van der Waals surface area contributed by atoms with Gasteiger partial charge in [0.1, 0.15) is 0 Å². The smallest absolute Gasteiger partial charge is 0.303 e. The van der Waals surface area contributed by atoms with Gasteiger partial charge in [-0.25, -0.2) is 0 Å². The van der Waals surface area contributed by atoms with Crippen molar-refractivity contribution in [3.05, 3.63) is 0 Å². The van der Waals surface area contributed by atoms with Crippen LogP contribution in [-0.4, -0.2) is 24.2 Å². The molecule has 0 fully saturated rings. The third-order valence-electron chi connectivity index (χ3n) is 2.61. The zero-order chi connectivity index (χ0) is 11.4. The summed E-state index contributed by atoms with van der Waals surface area (Å²) in [6.45, 7) is 8.32. The quantitative estimate of drug-likeness (QED) is 0.692. The van der Waals surface area contributed by atoms with E-state index in [1.807, 2.05) is 20.9 Å². The molecule has 1 unspecified atom stereocenters. The number of carboxylic acids is 1. The van der Waals surface area contributed by atoms with Crippen LogP contribution < -0.4 is 5.32 Å². The van der Waals surface area contributed by atoms with Crippen molar-refractivity contribution in [1.29, 1.82) is 0 Å². The standard InChI is InChI=1S/C11H23NO2/c1-8(2)6-9(12-5)11(3,4)7-10(13)14/h8-9,12H,6-7H2,1-5H3,(H,13,14). The van der Waals surface area contributed by atoms with Crippen molar-refractivity contribution in [3.63, 3.8) is 0 Å². The van der Waals surface area contributed by atoms with Crippen LogP contribution in [-0.2, 0) is 4.79 Å². The maximum Gasteiger partial charge on any atom is 0.303 e. The number of rotatable bonds is 6. The van der Waals surface area contributed by atoms with Gasteiger partial charge in [-0.2, -0.15) is 0 Å². The van der Waals surface area contributed by atoms with E-state index in [4.69, 9.17) is 5.11 Å². The van der Waals surface area contributed by atoms with Crippen LogP contribution in [0.3, 0.4) is 0 Å². The molecular weight excluding hydrogens is 178 g/mol. The highest BCUT2D eigenvalue weighted by Crippen LogP contribution is 2.29. The zero-order valence-corrected chi connectivity index (χ0v) is 9.92. The van der Waals surface area contributed by atoms with E-state index in [1.165, 1.54) is 0 Å². The van der Waals surface area contributed by atoms with Crippen LogP contribution in [0.4, 0.5) is 0 Å². The summed E-state index contributed by atoms with van der Waals surface area (Å²) in [5, 5.41) is 12.0. The van der Waals surface area contributed by atoms with Crippen LogP contribution in [0.15, 0.2) is 0 Å². The zero-order valence-electron chi connectivity index (χ0n) is 9.92. The van der Waals surface area contributed by atoms with Crippen LogP contribution in [0.2, 0.25) is 0 Å². The number of carboxylic acid groups (broad SMARTS) is 1. The van der Waals surface area contributed by atoms with E-state index in [2.05, 4.69) is 19.2 Å². The molecule has 0 aliphatic rings. The van der Waals surface area contributed by atoms with Crippen LogP contribution in [0.1, 0.15) is 40.5 Å². The second-order valence-corrected chi connectivity index (χ2v) is 5.03. The summed E-state index contributed by atoms with van der Waals surface area (Å²) >= 11 is 0. The van der Waals surface area contributed by atoms with Gasteiger partial charge in [0, 0.05) is 6.04 Å². The van der Waals surface area contributed by atoms with Gasteiger partial charge in [-0.05, 0) is 24.8 Å². The second kappa shape index (κ2) is 5.35. The van der Waals surface area contributed by atoms with E-state index in [-0.39, 0.29) is 17.9 Å². The lowest BCUT2D eigenvalue weighted by atomic mass is 9.78. The summed E-state index contributed by atoms with van der Waals surface area (Å²) in [6.07, 6.45) is 1.22. The number of carbonyl (C=O) groups is 1. The molecule has 0 saturated heterocycles. The Hall–Kier alpha value is -0.570. The van der Waals surface area contributed by atoms with Gasteiger partial charge in [0.05, 0.1) is 6.42 Å². The molecule has 0 aromatic rings. The number of nitrogens with one attached hydrogen (secondary N) is 1. The molecule has 0 saturated carbocycles. The molecule has 0 aromatic carbocycles. The third-order valence-corrected chi connectivity index (χ3v) is 2.61. The maximum absolute atomic E-state index is 10.7. The molecule has 0 aliphatic carbocycles. The lowest BCUT2D eigenvalue weighted by Crippen LogP contribution is -2.42. The Bertz CT molecular complexity index is 188. The normalized spacial score (nSPS) is 14.4. The predicted octanol–water partition coefficient (Wildman–Crippen LogP) is 2.12. The number of hydrogen-bond acceptors (Lipinski definition) is 2. The Labute approximate surface area is 86.9 Å². The largest absolute Gasteiger partial charge is 0.481 e. The van der Waals surface area contributed by atoms with Gasteiger partial charge in [-0.1, -0.05) is 27.7 Å². The van der Waals surface area contributed by atoms with Crippen molar-refractivity contribution in [3.8, 4) is 0 Å². The summed E-state index contributed by atoms with van der Waals surface area (Å²) in [4.78, 5) is 10.7. The first-order valence-corrected chi connectivity index (χ1v) is 5.18. The first-order valence-electron chi connectivity index (χ1n) is 5.18. The summed E-state index contributed by atoms with van der Waals surface area (Å²) < 4.78 is 0. The molecule has 0 rings (SSSR count). The molecule has 0 spiro atoms. The first-order chi connectivity index (χ1) is 6.29. The van der Waals surface area contributed by atoms with E-state index < -0.39 is 5.97 Å². The number of aliphatic carboxylic acids is 1. The van der Waals surface area contributed by atoms with Gasteiger partial charge in [-0.15, -0.1) is 0 Å². The summed E-state index contributed by atoms with van der Waals surface area (Å²) in [7, 11) is 1.90. The molecule has 3 nitrogen and oxygen atoms in total. The van der Waals surface area contributed by atoms with Gasteiger partial charge in [0.2, 0.25) is 0 Å². The van der Waals surface area contributed by atoms with Gasteiger partial charge in [0.15, 0.2) is 0 Å². The monoisotopic (exact) mass is 201 g/mol. The van der Waals surface area contributed by atoms with E-state index in [1.54, 1.807) is 0 Å². The Morgan fingerprint density at radius 3 is 2.21 bits per heavy atom. The summed E-state index contributed by atoms with van der Waals surface area (Å²) in [6, 6.07) is 0.263. The highest BCUT2D eigenvalue weighted by Gasteiger charge is 2.31. The average molecular weight is 201 g/mol. The van der Waals surface area contributed by atoms with Crippen molar-refractivity contribution in [2.24, 2.45) is 11.3 Å². The minimum absolute atomic E-state index is 0.190. The molecular formula is C11H23NO2. The Morgan fingerprint density at radius 2 is 1.93 bits per heavy atom. The minimum Gasteiger partial charge on any atom is -0.481 e. The molecule has 0 amide bonds. The van der Waals surface area contributed by atoms with Gasteiger partial charge < -0.3 is 10.4 Å². The highest BCUT2D eigenvalue weighted by molar-refractivity contribution is 5.67. The van der Waals surface area contributed by atoms with Gasteiger partial charge in [0.25, 0.3) is 0 Å². The van der Waals surface area contributed by atoms with E-state index >= 15 is 0 Å². The lowest BCUT2D eigenvalue weighted by molar-refractivity contribution is -0.139. The molecule has 0 bridgehead atoms. The lowest BCUT2D eigenvalue weighted by Gasteiger charge is -2.34. The average Bonchev–Trinajstić information content (AvgIpc) is 1.96. The molecule has 84 valence electrons. The molecule has 0 aromatic heterocycles. The van der Waals surface area contributed by atoms with Crippen LogP contribution >= 0.6 is 0 Å². The molecule has 2 N–H and O–H groups in total. The van der Waals surface area contributed by atoms with Crippen molar-refractivity contribution in [1.82, 2.24) is 5.32 Å². The maximum atomic E-state index is 10.7. The van der Waals surface area contributed by atoms with Crippen LogP contribution in [0.25, 0.3) is 0 Å².